The summed E-state index contributed by atoms with van der Waals surface area (Å²) < 4.78 is 11.1. The maximum absolute atomic E-state index is 5.57. The molecule has 2 heterocycles. The number of nitrogens with one attached hydrogen (secondary N) is 1. The largest absolute Gasteiger partial charge is 0.375 e. The zero-order valence-corrected chi connectivity index (χ0v) is 6.71. The van der Waals surface area contributed by atoms with Crippen molar-refractivity contribution in [3.63, 3.8) is 0 Å². The lowest BCUT2D eigenvalue weighted by Crippen LogP contribution is -2.44. The van der Waals surface area contributed by atoms with Gasteiger partial charge in [0.15, 0.2) is 0 Å². The van der Waals surface area contributed by atoms with E-state index in [4.69, 9.17) is 9.47 Å². The highest BCUT2D eigenvalue weighted by Crippen LogP contribution is 2.18. The maximum Gasteiger partial charge on any atom is 0.0961 e. The van der Waals surface area contributed by atoms with E-state index in [-0.39, 0.29) is 0 Å². The molecule has 3 heteroatoms. The smallest absolute Gasteiger partial charge is 0.0961 e. The van der Waals surface area contributed by atoms with Gasteiger partial charge in [-0.2, -0.15) is 0 Å². The van der Waals surface area contributed by atoms with Crippen molar-refractivity contribution in [2.75, 3.05) is 26.3 Å². The van der Waals surface area contributed by atoms with Gasteiger partial charge in [0, 0.05) is 19.7 Å². The van der Waals surface area contributed by atoms with Gasteiger partial charge in [-0.15, -0.1) is 0 Å². The first kappa shape index (κ1) is 7.53. The standard InChI is InChI=1S/C8H15NO2/c1-2-7(10-4-1)8-6-9-3-5-11-8/h7-9H,1-6H2/t7-,8-/m1/s1. The van der Waals surface area contributed by atoms with Gasteiger partial charge in [0.1, 0.15) is 0 Å². The first-order valence-corrected chi connectivity index (χ1v) is 4.41. The van der Waals surface area contributed by atoms with Crippen molar-refractivity contribution in [2.24, 2.45) is 0 Å². The second kappa shape index (κ2) is 3.52. The minimum absolute atomic E-state index is 0.311. The van der Waals surface area contributed by atoms with Gasteiger partial charge in [0.25, 0.3) is 0 Å². The molecule has 3 nitrogen and oxygen atoms in total. The van der Waals surface area contributed by atoms with Crippen LogP contribution in [0.15, 0.2) is 0 Å². The molecule has 2 atom stereocenters. The van der Waals surface area contributed by atoms with E-state index in [1.807, 2.05) is 0 Å². The molecular formula is C8H15NO2. The van der Waals surface area contributed by atoms with E-state index in [2.05, 4.69) is 5.32 Å². The molecule has 0 aromatic heterocycles. The van der Waals surface area contributed by atoms with E-state index in [9.17, 15) is 0 Å². The van der Waals surface area contributed by atoms with Crippen LogP contribution in [0.3, 0.4) is 0 Å². The molecule has 0 aliphatic carbocycles. The van der Waals surface area contributed by atoms with Crippen molar-refractivity contribution in [3.05, 3.63) is 0 Å². The summed E-state index contributed by atoms with van der Waals surface area (Å²) in [5, 5.41) is 3.31. The minimum atomic E-state index is 0.311. The summed E-state index contributed by atoms with van der Waals surface area (Å²) in [4.78, 5) is 0. The predicted molar refractivity (Wildman–Crippen MR) is 41.6 cm³/mol. The lowest BCUT2D eigenvalue weighted by atomic mass is 10.1. The molecule has 2 rings (SSSR count). The van der Waals surface area contributed by atoms with Crippen molar-refractivity contribution in [1.82, 2.24) is 5.32 Å². The maximum atomic E-state index is 5.57. The van der Waals surface area contributed by atoms with Crippen LogP contribution in [0.5, 0.6) is 0 Å². The van der Waals surface area contributed by atoms with Crippen LogP contribution in [-0.2, 0) is 9.47 Å². The van der Waals surface area contributed by atoms with Gasteiger partial charge in [0.2, 0.25) is 0 Å². The van der Waals surface area contributed by atoms with Gasteiger partial charge in [-0.25, -0.2) is 0 Å². The molecule has 0 spiro atoms. The number of hydrogen-bond donors (Lipinski definition) is 1. The van der Waals surface area contributed by atoms with Crippen LogP contribution in [0, 0.1) is 0 Å². The Bertz CT molecular complexity index is 117. The second-order valence-electron chi connectivity index (χ2n) is 3.16. The Balaban J connectivity index is 1.82. The van der Waals surface area contributed by atoms with Crippen LogP contribution in [0.1, 0.15) is 12.8 Å². The lowest BCUT2D eigenvalue weighted by molar-refractivity contribution is -0.0612. The molecule has 2 fully saturated rings. The van der Waals surface area contributed by atoms with Crippen molar-refractivity contribution < 1.29 is 9.47 Å². The number of ether oxygens (including phenoxy) is 2. The summed E-state index contributed by atoms with van der Waals surface area (Å²) in [6, 6.07) is 0. The van der Waals surface area contributed by atoms with E-state index < -0.39 is 0 Å². The highest BCUT2D eigenvalue weighted by molar-refractivity contribution is 4.79. The third-order valence-corrected chi connectivity index (χ3v) is 2.34. The first-order valence-electron chi connectivity index (χ1n) is 4.41. The fraction of sp³-hybridized carbons (Fsp3) is 1.00. The quantitative estimate of drug-likeness (QED) is 0.588. The molecule has 2 aliphatic heterocycles. The Kier molecular flexibility index (Phi) is 2.41. The van der Waals surface area contributed by atoms with E-state index >= 15 is 0 Å². The van der Waals surface area contributed by atoms with Gasteiger partial charge in [0.05, 0.1) is 18.8 Å². The molecule has 2 aliphatic rings. The van der Waals surface area contributed by atoms with Gasteiger partial charge >= 0.3 is 0 Å². The van der Waals surface area contributed by atoms with Crippen LogP contribution < -0.4 is 5.32 Å². The van der Waals surface area contributed by atoms with Gasteiger partial charge in [-0.1, -0.05) is 0 Å². The van der Waals surface area contributed by atoms with Gasteiger partial charge < -0.3 is 14.8 Å². The summed E-state index contributed by atoms with van der Waals surface area (Å²) in [7, 11) is 0. The molecule has 2 saturated heterocycles. The molecule has 11 heavy (non-hydrogen) atoms. The number of morpholine rings is 1. The van der Waals surface area contributed by atoms with Gasteiger partial charge in [-0.3, -0.25) is 0 Å². The highest BCUT2D eigenvalue weighted by atomic mass is 16.5. The summed E-state index contributed by atoms with van der Waals surface area (Å²) in [5.41, 5.74) is 0. The summed E-state index contributed by atoms with van der Waals surface area (Å²) in [5.74, 6) is 0. The number of rotatable bonds is 1. The first-order chi connectivity index (χ1) is 5.47. The monoisotopic (exact) mass is 157 g/mol. The van der Waals surface area contributed by atoms with Crippen molar-refractivity contribution in [3.8, 4) is 0 Å². The Morgan fingerprint density at radius 2 is 2.00 bits per heavy atom. The molecule has 0 saturated carbocycles. The molecule has 0 aromatic carbocycles. The third kappa shape index (κ3) is 1.72. The highest BCUT2D eigenvalue weighted by Gasteiger charge is 2.27. The fourth-order valence-electron chi connectivity index (χ4n) is 1.72. The number of hydrogen-bond acceptors (Lipinski definition) is 3. The average molecular weight is 157 g/mol. The normalized spacial score (nSPS) is 39.3. The SMILES string of the molecule is C1CO[C@@H]([C@H]2CNCCO2)C1. The van der Waals surface area contributed by atoms with Crippen LogP contribution in [0.4, 0.5) is 0 Å². The Labute approximate surface area is 67.1 Å². The van der Waals surface area contributed by atoms with E-state index in [0.29, 0.717) is 12.2 Å². The fourth-order valence-corrected chi connectivity index (χ4v) is 1.72. The molecule has 64 valence electrons. The second-order valence-corrected chi connectivity index (χ2v) is 3.16. The molecule has 0 radical (unpaired) electrons. The molecule has 0 unspecified atom stereocenters. The Morgan fingerprint density at radius 3 is 2.64 bits per heavy atom. The zero-order chi connectivity index (χ0) is 7.52. The summed E-state index contributed by atoms with van der Waals surface area (Å²) >= 11 is 0. The topological polar surface area (TPSA) is 30.5 Å². The van der Waals surface area contributed by atoms with Crippen molar-refractivity contribution >= 4 is 0 Å². The van der Waals surface area contributed by atoms with Crippen LogP contribution in [0.2, 0.25) is 0 Å². The van der Waals surface area contributed by atoms with Gasteiger partial charge in [-0.05, 0) is 12.8 Å². The molecular weight excluding hydrogens is 142 g/mol. The Hall–Kier alpha value is -0.120. The summed E-state index contributed by atoms with van der Waals surface area (Å²) in [6.07, 6.45) is 3.05. The average Bonchev–Trinajstić information content (AvgIpc) is 2.58. The molecule has 1 N–H and O–H groups in total. The van der Waals surface area contributed by atoms with Crippen LogP contribution in [0.25, 0.3) is 0 Å². The van der Waals surface area contributed by atoms with Crippen molar-refractivity contribution in [1.29, 1.82) is 0 Å². The van der Waals surface area contributed by atoms with Crippen LogP contribution in [-0.4, -0.2) is 38.5 Å². The molecule has 0 amide bonds. The van der Waals surface area contributed by atoms with E-state index in [1.54, 1.807) is 0 Å². The predicted octanol–water partition coefficient (Wildman–Crippen LogP) is 0.154. The van der Waals surface area contributed by atoms with E-state index in [0.717, 1.165) is 26.3 Å². The lowest BCUT2D eigenvalue weighted by Gasteiger charge is -2.27. The molecule has 0 aromatic rings. The Morgan fingerprint density at radius 1 is 1.09 bits per heavy atom. The van der Waals surface area contributed by atoms with E-state index in [1.165, 1.54) is 12.8 Å². The van der Waals surface area contributed by atoms with Crippen molar-refractivity contribution in [2.45, 2.75) is 25.0 Å². The third-order valence-electron chi connectivity index (χ3n) is 2.34. The minimum Gasteiger partial charge on any atom is -0.375 e. The zero-order valence-electron chi connectivity index (χ0n) is 6.71. The van der Waals surface area contributed by atoms with Crippen LogP contribution >= 0.6 is 0 Å². The molecule has 0 bridgehead atoms. The summed E-state index contributed by atoms with van der Waals surface area (Å²) in [6.45, 7) is 3.71.